The molecule has 7 rings (SSSR count). The topological polar surface area (TPSA) is 20.9 Å². The summed E-state index contributed by atoms with van der Waals surface area (Å²) in [6.07, 6.45) is -3.28. The van der Waals surface area contributed by atoms with Crippen molar-refractivity contribution in [3.05, 3.63) is 206 Å². The van der Waals surface area contributed by atoms with Gasteiger partial charge in [-0.1, -0.05) is 54.1 Å². The lowest BCUT2D eigenvalue weighted by Gasteiger charge is -2.44. The number of hydrogen-bond acceptors (Lipinski definition) is 1. The molecule has 6 aromatic carbocycles. The van der Waals surface area contributed by atoms with Crippen LogP contribution < -0.4 is 26.4 Å². The highest BCUT2D eigenvalue weighted by molar-refractivity contribution is 7.20. The highest BCUT2D eigenvalue weighted by Crippen LogP contribution is 2.31. The fourth-order valence-corrected chi connectivity index (χ4v) is 7.54. The number of benzene rings is 6. The average molecular weight is 981 g/mol. The molecule has 0 amide bonds. The van der Waals surface area contributed by atoms with Gasteiger partial charge in [0.25, 0.3) is 0 Å². The van der Waals surface area contributed by atoms with Crippen LogP contribution in [0.2, 0.25) is 0 Å². The molecule has 0 saturated carbocycles. The second-order valence-corrected chi connectivity index (χ2v) is 14.7. The highest BCUT2D eigenvalue weighted by atomic mass is 19.2. The van der Waals surface area contributed by atoms with Crippen molar-refractivity contribution in [1.29, 1.82) is 0 Å². The van der Waals surface area contributed by atoms with E-state index in [-0.39, 0.29) is 5.78 Å². The van der Waals surface area contributed by atoms with Crippen LogP contribution in [0.5, 0.6) is 0 Å². The third-order valence-electron chi connectivity index (χ3n) is 10.7. The lowest BCUT2D eigenvalue weighted by atomic mass is 9.12. The van der Waals surface area contributed by atoms with Gasteiger partial charge < -0.3 is 0 Å². The van der Waals surface area contributed by atoms with Gasteiger partial charge in [0.2, 0.25) is 12.3 Å². The van der Waals surface area contributed by atoms with Crippen LogP contribution in [-0.4, -0.2) is 11.9 Å². The lowest BCUT2D eigenvalue weighted by molar-refractivity contribution is -0.683. The lowest BCUT2D eigenvalue weighted by Crippen LogP contribution is -2.81. The molecule has 0 aliphatic rings. The van der Waals surface area contributed by atoms with E-state index in [1.54, 1.807) is 0 Å². The smallest absolute Gasteiger partial charge is 0.227 e. The molecule has 0 fully saturated rings. The van der Waals surface area contributed by atoms with Crippen molar-refractivity contribution >= 4 is 33.8 Å². The Hall–Kier alpha value is -7.20. The van der Waals surface area contributed by atoms with Gasteiger partial charge >= 0.3 is 0 Å². The van der Waals surface area contributed by atoms with Crippen LogP contribution in [0.3, 0.4) is 0 Å². The number of rotatable bonds is 8. The van der Waals surface area contributed by atoms with Crippen LogP contribution in [0, 0.1) is 130 Å². The molecule has 7 aromatic rings. The molecule has 0 aliphatic heterocycles. The summed E-state index contributed by atoms with van der Waals surface area (Å²) >= 11 is 0. The maximum absolute atomic E-state index is 15.4. The summed E-state index contributed by atoms with van der Waals surface area (Å²) in [6, 6.07) is 20.0. The van der Waals surface area contributed by atoms with E-state index < -0.39 is 144 Å². The number of pyridine rings is 1. The van der Waals surface area contributed by atoms with Crippen LogP contribution in [0.1, 0.15) is 21.5 Å². The van der Waals surface area contributed by atoms with Crippen LogP contribution in [0.25, 0.3) is 11.1 Å². The Balaban J connectivity index is 0.000000276. The predicted octanol–water partition coefficient (Wildman–Crippen LogP) is 9.99. The number of Topliss-reactive ketones (excluding diaryl/α,β-unsaturated/α-hetero) is 1. The van der Waals surface area contributed by atoms with E-state index in [4.69, 9.17) is 0 Å². The zero-order valence-electron chi connectivity index (χ0n) is 33.6. The molecule has 1 heterocycles. The molecule has 1 aromatic heterocycles. The van der Waals surface area contributed by atoms with Crippen LogP contribution in [0.4, 0.5) is 87.8 Å². The van der Waals surface area contributed by atoms with Crippen molar-refractivity contribution in [3.63, 3.8) is 0 Å². The van der Waals surface area contributed by atoms with Gasteiger partial charge in [0.05, 0.1) is 0 Å². The maximum atomic E-state index is 15.4. The summed E-state index contributed by atoms with van der Waals surface area (Å²) in [5.41, 5.74) is -8.65. The number of aryl methyl sites for hydroxylation is 2. The Morgan fingerprint density at radius 1 is 0.397 bits per heavy atom. The second-order valence-electron chi connectivity index (χ2n) is 14.7. The molecule has 2 nitrogen and oxygen atoms in total. The van der Waals surface area contributed by atoms with Gasteiger partial charge in [0.15, 0.2) is 82.2 Å². The van der Waals surface area contributed by atoms with Gasteiger partial charge in [0.1, 0.15) is 52.7 Å². The number of hydrogen-bond donors (Lipinski definition) is 0. The molecule has 0 atom stereocenters. The second kappa shape index (κ2) is 18.8. The first-order valence-corrected chi connectivity index (χ1v) is 18.7. The van der Waals surface area contributed by atoms with Gasteiger partial charge in [-0.3, -0.25) is 4.79 Å². The van der Waals surface area contributed by atoms with E-state index in [0.29, 0.717) is 6.54 Å². The van der Waals surface area contributed by atoms with E-state index in [2.05, 4.69) is 44.2 Å². The molecule has 0 aliphatic carbocycles. The number of ketones is 1. The minimum absolute atomic E-state index is 0.120. The zero-order valence-corrected chi connectivity index (χ0v) is 33.6. The normalized spacial score (nSPS) is 11.5. The Bertz CT molecular complexity index is 2800. The Morgan fingerprint density at radius 3 is 1.00 bits per heavy atom. The van der Waals surface area contributed by atoms with Crippen molar-refractivity contribution < 1.29 is 97.2 Å². The molecular formula is C45H20BF20NO. The first-order chi connectivity index (χ1) is 31.8. The van der Waals surface area contributed by atoms with Crippen molar-refractivity contribution in [1.82, 2.24) is 0 Å². The molecule has 0 N–H and O–H groups in total. The van der Waals surface area contributed by atoms with Gasteiger partial charge in [-0.2, -0.15) is 4.57 Å². The van der Waals surface area contributed by atoms with Crippen LogP contribution in [-0.2, 0) is 6.54 Å². The highest BCUT2D eigenvalue weighted by Gasteiger charge is 2.52. The van der Waals surface area contributed by atoms with Crippen molar-refractivity contribution in [2.75, 3.05) is 0 Å². The summed E-state index contributed by atoms with van der Waals surface area (Å²) in [5, 5.41) is 0. The number of aromatic nitrogens is 1. The monoisotopic (exact) mass is 981 g/mol. The van der Waals surface area contributed by atoms with E-state index in [1.807, 2.05) is 47.3 Å². The van der Waals surface area contributed by atoms with Crippen molar-refractivity contribution in [3.8, 4) is 11.1 Å². The largest absolute Gasteiger partial charge is 0.287 e. The molecule has 68 heavy (non-hydrogen) atoms. The predicted molar refractivity (Wildman–Crippen MR) is 202 cm³/mol. The molecule has 0 unspecified atom stereocenters. The molecule has 354 valence electrons. The SMILES string of the molecule is Cc1ccc(C)c(-c2cc[n+](CC(=O)c3ccccc3)cc2)c1.Fc1c(F)c(F)c([B-](c2c(F)c(F)c(F)c(F)c2F)(c2c(F)c(F)c(F)c(F)c2F)c2c(F)c(F)c(F)c(F)c2F)c(F)c1F. The van der Waals surface area contributed by atoms with Gasteiger partial charge in [-0.25, -0.2) is 87.8 Å². The standard InChI is InChI=1S/C24BF20.C21H20NO/c26-5-1(6(27)14(35)21(42)13(5)34)25(2-7(28)15(36)22(43)16(37)8(2)29,3-9(30)17(38)23(44)18(39)10(3)31)4-11(32)19(40)24(45)20(41)12(4)33;1-16-8-9-17(2)20(14-16)18-10-12-22(13-11-18)15-21(23)19-6-4-3-5-7-19/h;3-14H,15H2,1-2H3/q-1;+1. The number of nitrogens with zero attached hydrogens (tertiary/aromatic N) is 1. The minimum atomic E-state index is -7.22. The number of carbonyl (C=O) groups is 1. The zero-order chi connectivity index (χ0) is 50.6. The number of halogens is 20. The Kier molecular flexibility index (Phi) is 13.9. The Morgan fingerprint density at radius 2 is 0.691 bits per heavy atom. The summed E-state index contributed by atoms with van der Waals surface area (Å²) < 4.78 is 296. The van der Waals surface area contributed by atoms with Gasteiger partial charge in [0, 0.05) is 17.7 Å². The number of carbonyl (C=O) groups excluding carboxylic acids is 1. The Labute approximate surface area is 368 Å². The molecule has 23 heteroatoms. The van der Waals surface area contributed by atoms with Gasteiger partial charge in [-0.05, 0) is 30.5 Å². The van der Waals surface area contributed by atoms with E-state index in [1.165, 1.54) is 22.3 Å². The van der Waals surface area contributed by atoms with E-state index in [9.17, 15) is 57.5 Å². The maximum Gasteiger partial charge on any atom is 0.227 e. The summed E-state index contributed by atoms with van der Waals surface area (Å²) in [5.74, 6) is -71.3. The summed E-state index contributed by atoms with van der Waals surface area (Å²) in [4.78, 5) is 12.2. The fourth-order valence-electron chi connectivity index (χ4n) is 7.54. The molecule has 0 spiro atoms. The van der Waals surface area contributed by atoms with Gasteiger partial charge in [-0.15, -0.1) is 21.9 Å². The minimum Gasteiger partial charge on any atom is -0.287 e. The molecule has 0 bridgehead atoms. The van der Waals surface area contributed by atoms with Crippen LogP contribution >= 0.6 is 0 Å². The van der Waals surface area contributed by atoms with E-state index in [0.717, 1.165) is 5.56 Å². The summed E-state index contributed by atoms with van der Waals surface area (Å²) in [6.45, 7) is 4.58. The molecule has 0 saturated heterocycles. The first kappa shape index (κ1) is 50.2. The third kappa shape index (κ3) is 8.09. The van der Waals surface area contributed by atoms with Crippen molar-refractivity contribution in [2.24, 2.45) is 0 Å². The first-order valence-electron chi connectivity index (χ1n) is 18.7. The molecule has 0 radical (unpaired) electrons. The summed E-state index contributed by atoms with van der Waals surface area (Å²) in [7, 11) is 0. The van der Waals surface area contributed by atoms with E-state index >= 15 is 35.1 Å². The third-order valence-corrected chi connectivity index (χ3v) is 10.7. The van der Waals surface area contributed by atoms with Crippen molar-refractivity contribution in [2.45, 2.75) is 20.4 Å². The fraction of sp³-hybridized carbons (Fsp3) is 0.0667. The average Bonchev–Trinajstić information content (AvgIpc) is 3.32. The van der Waals surface area contributed by atoms with Crippen LogP contribution in [0.15, 0.2) is 73.1 Å². The molecular weight excluding hydrogens is 961 g/mol. The quantitative estimate of drug-likeness (QED) is 0.0371.